The standard InChI is InChI=1S/C18H21NO6S2/c1-13-6-8-16(9-7-13)27(23,24)19(14-4-3-5-15(10-14)25-2)17-11-26(21,22)12-18(17)20/h3-10,17-18,20H,11-12H2,1-2H3. The zero-order chi connectivity index (χ0) is 19.8. The van der Waals surface area contributed by atoms with Gasteiger partial charge in [-0.2, -0.15) is 0 Å². The van der Waals surface area contributed by atoms with Crippen LogP contribution in [0.4, 0.5) is 5.69 Å². The molecule has 2 aromatic rings. The lowest BCUT2D eigenvalue weighted by molar-refractivity contribution is 0.184. The number of nitrogens with zero attached hydrogens (tertiary/aromatic N) is 1. The van der Waals surface area contributed by atoms with Gasteiger partial charge >= 0.3 is 0 Å². The molecule has 1 heterocycles. The third-order valence-corrected chi connectivity index (χ3v) is 8.05. The molecule has 9 heteroatoms. The molecule has 0 aliphatic carbocycles. The third-order valence-electron chi connectivity index (χ3n) is 4.48. The van der Waals surface area contributed by atoms with Crippen molar-refractivity contribution in [3.63, 3.8) is 0 Å². The summed E-state index contributed by atoms with van der Waals surface area (Å²) >= 11 is 0. The number of sulfonamides is 1. The highest BCUT2D eigenvalue weighted by molar-refractivity contribution is 7.93. The first-order valence-electron chi connectivity index (χ1n) is 8.28. The molecule has 0 aromatic heterocycles. The number of hydrogen-bond donors (Lipinski definition) is 1. The summed E-state index contributed by atoms with van der Waals surface area (Å²) in [5.41, 5.74) is 1.13. The molecule has 1 aliphatic heterocycles. The first-order valence-corrected chi connectivity index (χ1v) is 11.5. The number of hydrogen-bond acceptors (Lipinski definition) is 6. The average Bonchev–Trinajstić information content (AvgIpc) is 2.87. The minimum absolute atomic E-state index is 0.0208. The molecule has 0 amide bonds. The van der Waals surface area contributed by atoms with Gasteiger partial charge in [0.1, 0.15) is 5.75 Å². The molecular formula is C18H21NO6S2. The summed E-state index contributed by atoms with van der Waals surface area (Å²) in [7, 11) is -6.21. The number of aryl methyl sites for hydroxylation is 1. The van der Waals surface area contributed by atoms with Crippen molar-refractivity contribution in [2.45, 2.75) is 24.0 Å². The van der Waals surface area contributed by atoms with Gasteiger partial charge in [-0.15, -0.1) is 0 Å². The Bertz CT molecular complexity index is 1030. The molecule has 0 saturated carbocycles. The maximum atomic E-state index is 13.4. The highest BCUT2D eigenvalue weighted by Gasteiger charge is 2.45. The quantitative estimate of drug-likeness (QED) is 0.797. The van der Waals surface area contributed by atoms with Gasteiger partial charge < -0.3 is 9.84 Å². The van der Waals surface area contributed by atoms with Gasteiger partial charge in [-0.25, -0.2) is 16.8 Å². The molecule has 2 unspecified atom stereocenters. The normalized spacial score (nSPS) is 21.7. The number of rotatable bonds is 5. The van der Waals surface area contributed by atoms with Crippen molar-refractivity contribution < 1.29 is 26.7 Å². The monoisotopic (exact) mass is 411 g/mol. The van der Waals surface area contributed by atoms with Crippen LogP contribution in [0.5, 0.6) is 5.75 Å². The van der Waals surface area contributed by atoms with Gasteiger partial charge in [0.25, 0.3) is 10.0 Å². The van der Waals surface area contributed by atoms with Gasteiger partial charge in [0.05, 0.1) is 41.3 Å². The first kappa shape index (κ1) is 19.7. The molecule has 1 fully saturated rings. The largest absolute Gasteiger partial charge is 0.497 e. The van der Waals surface area contributed by atoms with Gasteiger partial charge in [-0.1, -0.05) is 23.8 Å². The van der Waals surface area contributed by atoms with Crippen LogP contribution in [0.25, 0.3) is 0 Å². The van der Waals surface area contributed by atoms with Crippen LogP contribution in [0.3, 0.4) is 0 Å². The minimum atomic E-state index is -4.11. The van der Waals surface area contributed by atoms with E-state index in [-0.39, 0.29) is 10.6 Å². The highest BCUT2D eigenvalue weighted by Crippen LogP contribution is 2.33. The molecule has 1 saturated heterocycles. The maximum absolute atomic E-state index is 13.4. The van der Waals surface area contributed by atoms with Crippen LogP contribution in [0.1, 0.15) is 5.56 Å². The number of aliphatic hydroxyl groups is 1. The van der Waals surface area contributed by atoms with Crippen LogP contribution in [-0.2, 0) is 19.9 Å². The molecule has 27 heavy (non-hydrogen) atoms. The fourth-order valence-electron chi connectivity index (χ4n) is 3.11. The lowest BCUT2D eigenvalue weighted by atomic mass is 10.2. The van der Waals surface area contributed by atoms with E-state index in [1.54, 1.807) is 30.3 Å². The second-order valence-corrected chi connectivity index (χ2v) is 10.5. The molecular weight excluding hydrogens is 390 g/mol. The van der Waals surface area contributed by atoms with E-state index in [1.165, 1.54) is 25.3 Å². The highest BCUT2D eigenvalue weighted by atomic mass is 32.2. The number of benzene rings is 2. The Morgan fingerprint density at radius 1 is 1.11 bits per heavy atom. The zero-order valence-corrected chi connectivity index (χ0v) is 16.6. The van der Waals surface area contributed by atoms with Crippen molar-refractivity contribution in [2.24, 2.45) is 0 Å². The summed E-state index contributed by atoms with van der Waals surface area (Å²) in [6.07, 6.45) is -1.32. The Balaban J connectivity index is 2.16. The van der Waals surface area contributed by atoms with E-state index in [1.807, 2.05) is 6.92 Å². The molecule has 1 aliphatic rings. The average molecular weight is 412 g/mol. The van der Waals surface area contributed by atoms with Crippen molar-refractivity contribution in [1.29, 1.82) is 0 Å². The Kier molecular flexibility index (Phi) is 5.20. The van der Waals surface area contributed by atoms with Crippen LogP contribution in [0.2, 0.25) is 0 Å². The number of anilines is 1. The molecule has 7 nitrogen and oxygen atoms in total. The predicted molar refractivity (Wildman–Crippen MR) is 102 cm³/mol. The van der Waals surface area contributed by atoms with Crippen LogP contribution >= 0.6 is 0 Å². The van der Waals surface area contributed by atoms with E-state index in [0.29, 0.717) is 5.75 Å². The SMILES string of the molecule is COc1cccc(N(C2CS(=O)(=O)CC2O)S(=O)(=O)c2ccc(C)cc2)c1. The van der Waals surface area contributed by atoms with E-state index in [2.05, 4.69) is 0 Å². The van der Waals surface area contributed by atoms with E-state index >= 15 is 0 Å². The lowest BCUT2D eigenvalue weighted by Crippen LogP contribution is -2.47. The molecule has 0 bridgehead atoms. The summed E-state index contributed by atoms with van der Waals surface area (Å²) in [6, 6.07) is 11.5. The number of ether oxygens (including phenoxy) is 1. The van der Waals surface area contributed by atoms with Crippen molar-refractivity contribution >= 4 is 25.5 Å². The van der Waals surface area contributed by atoms with Gasteiger partial charge in [0.2, 0.25) is 0 Å². The first-order chi connectivity index (χ1) is 12.6. The summed E-state index contributed by atoms with van der Waals surface area (Å²) < 4.78 is 56.9. The number of sulfone groups is 1. The molecule has 1 N–H and O–H groups in total. The van der Waals surface area contributed by atoms with Crippen molar-refractivity contribution in [3.8, 4) is 5.75 Å². The smallest absolute Gasteiger partial charge is 0.264 e. The summed E-state index contributed by atoms with van der Waals surface area (Å²) in [4.78, 5) is 0.0208. The molecule has 2 atom stereocenters. The Morgan fingerprint density at radius 2 is 1.78 bits per heavy atom. The van der Waals surface area contributed by atoms with Gasteiger partial charge in [0, 0.05) is 6.07 Å². The van der Waals surface area contributed by atoms with Gasteiger partial charge in [0.15, 0.2) is 9.84 Å². The second-order valence-electron chi connectivity index (χ2n) is 6.53. The Labute approximate surface area is 159 Å². The number of methoxy groups -OCH3 is 1. The summed E-state index contributed by atoms with van der Waals surface area (Å²) in [5.74, 6) is -0.496. The van der Waals surface area contributed by atoms with E-state index in [4.69, 9.17) is 4.74 Å². The second kappa shape index (κ2) is 7.14. The van der Waals surface area contributed by atoms with Gasteiger partial charge in [-0.3, -0.25) is 4.31 Å². The van der Waals surface area contributed by atoms with E-state index in [0.717, 1.165) is 9.87 Å². The van der Waals surface area contributed by atoms with E-state index < -0.39 is 43.5 Å². The third kappa shape index (κ3) is 3.95. The van der Waals surface area contributed by atoms with Crippen molar-refractivity contribution in [3.05, 3.63) is 54.1 Å². The van der Waals surface area contributed by atoms with Crippen LogP contribution in [0.15, 0.2) is 53.4 Å². The molecule has 146 valence electrons. The van der Waals surface area contributed by atoms with Crippen LogP contribution in [-0.4, -0.2) is 52.7 Å². The Morgan fingerprint density at radius 3 is 2.33 bits per heavy atom. The predicted octanol–water partition coefficient (Wildman–Crippen LogP) is 1.36. The van der Waals surface area contributed by atoms with E-state index in [9.17, 15) is 21.9 Å². The summed E-state index contributed by atoms with van der Waals surface area (Å²) in [6.45, 7) is 1.84. The van der Waals surface area contributed by atoms with Crippen LogP contribution < -0.4 is 9.04 Å². The van der Waals surface area contributed by atoms with Gasteiger partial charge in [-0.05, 0) is 31.2 Å². The topological polar surface area (TPSA) is 101 Å². The Hall–Kier alpha value is -2.10. The molecule has 3 rings (SSSR count). The van der Waals surface area contributed by atoms with Crippen molar-refractivity contribution in [1.82, 2.24) is 0 Å². The number of aliphatic hydroxyl groups excluding tert-OH is 1. The maximum Gasteiger partial charge on any atom is 0.264 e. The molecule has 0 spiro atoms. The molecule has 0 radical (unpaired) electrons. The summed E-state index contributed by atoms with van der Waals surface area (Å²) in [5, 5.41) is 10.3. The fraction of sp³-hybridized carbons (Fsp3) is 0.333. The van der Waals surface area contributed by atoms with Crippen LogP contribution in [0, 0.1) is 6.92 Å². The minimum Gasteiger partial charge on any atom is -0.497 e. The van der Waals surface area contributed by atoms with Crippen molar-refractivity contribution in [2.75, 3.05) is 22.9 Å². The zero-order valence-electron chi connectivity index (χ0n) is 14.9. The molecule has 2 aromatic carbocycles. The fourth-order valence-corrected chi connectivity index (χ4v) is 6.65. The lowest BCUT2D eigenvalue weighted by Gasteiger charge is -2.31.